The lowest BCUT2D eigenvalue weighted by atomic mass is 9.97. The summed E-state index contributed by atoms with van der Waals surface area (Å²) in [5.74, 6) is 7.69. The van der Waals surface area contributed by atoms with Gasteiger partial charge in [-0.05, 0) is 11.8 Å². The minimum atomic E-state index is 0.214. The fraction of sp³-hybridized carbons (Fsp3) is 0.667. The van der Waals surface area contributed by atoms with Crippen LogP contribution < -0.4 is 16.6 Å². The van der Waals surface area contributed by atoms with E-state index in [0.29, 0.717) is 5.82 Å². The third-order valence-electron chi connectivity index (χ3n) is 2.19. The quantitative estimate of drug-likeness (QED) is 0.540. The number of hydrazine groups is 1. The van der Waals surface area contributed by atoms with Gasteiger partial charge in [0.05, 0.1) is 0 Å². The Morgan fingerprint density at radius 2 is 1.88 bits per heavy atom. The van der Waals surface area contributed by atoms with Gasteiger partial charge in [-0.2, -0.15) is 0 Å². The van der Waals surface area contributed by atoms with Crippen molar-refractivity contribution in [2.75, 3.05) is 17.3 Å². The minimum Gasteiger partial charge on any atom is -0.369 e. The Morgan fingerprint density at radius 3 is 2.41 bits per heavy atom. The molecule has 0 fully saturated rings. The SMILES string of the molecule is CCCc1nc(NN)cc(NCC(C)(C)C)n1. The Bertz CT molecular complexity index is 356. The summed E-state index contributed by atoms with van der Waals surface area (Å²) >= 11 is 0. The highest BCUT2D eigenvalue weighted by Gasteiger charge is 2.11. The second-order valence-corrected chi connectivity index (χ2v) is 5.36. The lowest BCUT2D eigenvalue weighted by Crippen LogP contribution is -2.20. The zero-order valence-corrected chi connectivity index (χ0v) is 11.2. The smallest absolute Gasteiger partial charge is 0.145 e. The van der Waals surface area contributed by atoms with E-state index >= 15 is 0 Å². The minimum absolute atomic E-state index is 0.214. The molecule has 5 heteroatoms. The molecular formula is C12H23N5. The van der Waals surface area contributed by atoms with E-state index in [1.807, 2.05) is 6.07 Å². The molecule has 0 spiro atoms. The van der Waals surface area contributed by atoms with E-state index in [0.717, 1.165) is 31.0 Å². The molecule has 0 saturated heterocycles. The summed E-state index contributed by atoms with van der Waals surface area (Å²) in [5, 5.41) is 3.31. The van der Waals surface area contributed by atoms with Gasteiger partial charge >= 0.3 is 0 Å². The van der Waals surface area contributed by atoms with Crippen molar-refractivity contribution in [3.63, 3.8) is 0 Å². The second kappa shape index (κ2) is 5.82. The molecule has 0 aliphatic rings. The van der Waals surface area contributed by atoms with E-state index in [4.69, 9.17) is 5.84 Å². The first-order valence-corrected chi connectivity index (χ1v) is 6.03. The first-order chi connectivity index (χ1) is 7.94. The predicted molar refractivity (Wildman–Crippen MR) is 71.8 cm³/mol. The summed E-state index contributed by atoms with van der Waals surface area (Å²) in [7, 11) is 0. The third kappa shape index (κ3) is 4.99. The van der Waals surface area contributed by atoms with Crippen LogP contribution in [0, 0.1) is 5.41 Å². The van der Waals surface area contributed by atoms with Crippen molar-refractivity contribution in [1.82, 2.24) is 9.97 Å². The largest absolute Gasteiger partial charge is 0.369 e. The topological polar surface area (TPSA) is 75.9 Å². The molecule has 17 heavy (non-hydrogen) atoms. The number of anilines is 2. The van der Waals surface area contributed by atoms with Gasteiger partial charge in [-0.25, -0.2) is 15.8 Å². The van der Waals surface area contributed by atoms with Gasteiger partial charge < -0.3 is 10.7 Å². The van der Waals surface area contributed by atoms with Crippen LogP contribution in [0.15, 0.2) is 6.07 Å². The van der Waals surface area contributed by atoms with Crippen LogP contribution in [0.1, 0.15) is 39.9 Å². The van der Waals surface area contributed by atoms with Crippen LogP contribution in [0.4, 0.5) is 11.6 Å². The molecule has 0 aromatic carbocycles. The molecular weight excluding hydrogens is 214 g/mol. The fourth-order valence-electron chi connectivity index (χ4n) is 1.35. The van der Waals surface area contributed by atoms with Crippen molar-refractivity contribution in [2.24, 2.45) is 11.3 Å². The Labute approximate surface area is 103 Å². The number of aryl methyl sites for hydroxylation is 1. The lowest BCUT2D eigenvalue weighted by Gasteiger charge is -2.19. The molecule has 0 radical (unpaired) electrons. The molecule has 1 aromatic rings. The van der Waals surface area contributed by atoms with Crippen LogP contribution in [0.25, 0.3) is 0 Å². The zero-order valence-electron chi connectivity index (χ0n) is 11.2. The summed E-state index contributed by atoms with van der Waals surface area (Å²) in [6.45, 7) is 9.50. The number of nitrogens with one attached hydrogen (secondary N) is 2. The average Bonchev–Trinajstić information content (AvgIpc) is 2.25. The maximum atomic E-state index is 5.40. The number of nitrogen functional groups attached to an aromatic ring is 1. The van der Waals surface area contributed by atoms with Crippen molar-refractivity contribution >= 4 is 11.6 Å². The summed E-state index contributed by atoms with van der Waals surface area (Å²) in [6, 6.07) is 1.82. The van der Waals surface area contributed by atoms with Crippen LogP contribution in [-0.2, 0) is 6.42 Å². The maximum absolute atomic E-state index is 5.40. The van der Waals surface area contributed by atoms with E-state index < -0.39 is 0 Å². The molecule has 0 bridgehead atoms. The number of hydrogen-bond donors (Lipinski definition) is 3. The van der Waals surface area contributed by atoms with Crippen molar-refractivity contribution in [3.05, 3.63) is 11.9 Å². The van der Waals surface area contributed by atoms with Crippen LogP contribution >= 0.6 is 0 Å². The highest BCUT2D eigenvalue weighted by molar-refractivity contribution is 5.46. The summed E-state index contributed by atoms with van der Waals surface area (Å²) in [6.07, 6.45) is 1.88. The lowest BCUT2D eigenvalue weighted by molar-refractivity contribution is 0.442. The Kier molecular flexibility index (Phi) is 4.69. The molecule has 0 saturated carbocycles. The maximum Gasteiger partial charge on any atom is 0.145 e. The van der Waals surface area contributed by atoms with Crippen molar-refractivity contribution in [2.45, 2.75) is 40.5 Å². The number of nitrogens with two attached hydrogens (primary N) is 1. The van der Waals surface area contributed by atoms with E-state index in [-0.39, 0.29) is 5.41 Å². The molecule has 1 heterocycles. The average molecular weight is 237 g/mol. The van der Waals surface area contributed by atoms with Gasteiger partial charge in [-0.15, -0.1) is 0 Å². The second-order valence-electron chi connectivity index (χ2n) is 5.36. The van der Waals surface area contributed by atoms with Gasteiger partial charge in [0.15, 0.2) is 0 Å². The van der Waals surface area contributed by atoms with Crippen molar-refractivity contribution in [3.8, 4) is 0 Å². The normalized spacial score (nSPS) is 11.4. The summed E-state index contributed by atoms with van der Waals surface area (Å²) in [5.41, 5.74) is 2.79. The Morgan fingerprint density at radius 1 is 1.24 bits per heavy atom. The molecule has 4 N–H and O–H groups in total. The zero-order chi connectivity index (χ0) is 12.9. The van der Waals surface area contributed by atoms with E-state index in [2.05, 4.69) is 48.4 Å². The van der Waals surface area contributed by atoms with E-state index in [1.54, 1.807) is 0 Å². The first kappa shape index (κ1) is 13.7. The number of nitrogens with zero attached hydrogens (tertiary/aromatic N) is 2. The monoisotopic (exact) mass is 237 g/mol. The van der Waals surface area contributed by atoms with Crippen LogP contribution in [0.2, 0.25) is 0 Å². The fourth-order valence-corrected chi connectivity index (χ4v) is 1.35. The van der Waals surface area contributed by atoms with Crippen LogP contribution in [0.5, 0.6) is 0 Å². The van der Waals surface area contributed by atoms with Gasteiger partial charge in [0, 0.05) is 19.0 Å². The standard InChI is InChI=1S/C12H23N5/c1-5-6-9-15-10(7-11(16-9)17-13)14-8-12(2,3)4/h7H,5-6,8,13H2,1-4H3,(H2,14,15,16,17). The van der Waals surface area contributed by atoms with Gasteiger partial charge in [0.2, 0.25) is 0 Å². The predicted octanol–water partition coefficient (Wildman–Crippen LogP) is 2.17. The van der Waals surface area contributed by atoms with E-state index in [9.17, 15) is 0 Å². The number of hydrogen-bond acceptors (Lipinski definition) is 5. The molecule has 0 amide bonds. The van der Waals surface area contributed by atoms with Crippen molar-refractivity contribution < 1.29 is 0 Å². The molecule has 0 aliphatic heterocycles. The van der Waals surface area contributed by atoms with Crippen LogP contribution in [0.3, 0.4) is 0 Å². The van der Waals surface area contributed by atoms with Gasteiger partial charge in [-0.1, -0.05) is 27.7 Å². The third-order valence-corrected chi connectivity index (χ3v) is 2.19. The molecule has 1 rings (SSSR count). The first-order valence-electron chi connectivity index (χ1n) is 6.03. The number of aromatic nitrogens is 2. The Hall–Kier alpha value is -1.36. The van der Waals surface area contributed by atoms with Gasteiger partial charge in [-0.3, -0.25) is 0 Å². The molecule has 5 nitrogen and oxygen atoms in total. The highest BCUT2D eigenvalue weighted by atomic mass is 15.3. The molecule has 96 valence electrons. The summed E-state index contributed by atoms with van der Waals surface area (Å²) < 4.78 is 0. The highest BCUT2D eigenvalue weighted by Crippen LogP contribution is 2.16. The molecule has 1 aromatic heterocycles. The molecule has 0 atom stereocenters. The van der Waals surface area contributed by atoms with Gasteiger partial charge in [0.1, 0.15) is 17.5 Å². The summed E-state index contributed by atoms with van der Waals surface area (Å²) in [4.78, 5) is 8.76. The Balaban J connectivity index is 2.79. The van der Waals surface area contributed by atoms with Gasteiger partial charge in [0.25, 0.3) is 0 Å². The molecule has 0 unspecified atom stereocenters. The van der Waals surface area contributed by atoms with E-state index in [1.165, 1.54) is 0 Å². The number of rotatable bonds is 5. The van der Waals surface area contributed by atoms with Crippen molar-refractivity contribution in [1.29, 1.82) is 0 Å². The molecule has 0 aliphatic carbocycles. The van der Waals surface area contributed by atoms with Crippen LogP contribution in [-0.4, -0.2) is 16.5 Å².